The maximum absolute atomic E-state index is 11.1. The van der Waals surface area contributed by atoms with Crippen molar-refractivity contribution in [2.45, 2.75) is 19.4 Å². The van der Waals surface area contributed by atoms with E-state index in [1.54, 1.807) is 14.0 Å². The van der Waals surface area contributed by atoms with Crippen molar-refractivity contribution >= 4 is 5.78 Å². The Kier molecular flexibility index (Phi) is 4.31. The Morgan fingerprint density at radius 3 is 2.67 bits per heavy atom. The van der Waals surface area contributed by atoms with Crippen molar-refractivity contribution in [1.82, 2.24) is 5.32 Å². The minimum Gasteiger partial charge on any atom is -0.496 e. The van der Waals surface area contributed by atoms with Crippen molar-refractivity contribution in [3.05, 3.63) is 29.8 Å². The lowest BCUT2D eigenvalue weighted by Crippen LogP contribution is -2.19. The van der Waals surface area contributed by atoms with Gasteiger partial charge in [-0.1, -0.05) is 18.2 Å². The molecule has 3 nitrogen and oxygen atoms in total. The fourth-order valence-electron chi connectivity index (χ4n) is 1.61. The Balaban J connectivity index is 2.95. The molecule has 82 valence electrons. The second-order valence-electron chi connectivity index (χ2n) is 3.49. The SMILES string of the molecule is CNC(CC(C)=O)c1ccccc1OC. The molecule has 1 N–H and O–H groups in total. The molecular formula is C12H17NO2. The topological polar surface area (TPSA) is 38.3 Å². The van der Waals surface area contributed by atoms with E-state index in [1.807, 2.05) is 31.3 Å². The van der Waals surface area contributed by atoms with Crippen LogP contribution in [-0.4, -0.2) is 19.9 Å². The van der Waals surface area contributed by atoms with Crippen molar-refractivity contribution in [2.75, 3.05) is 14.2 Å². The minimum absolute atomic E-state index is 0.0265. The van der Waals surface area contributed by atoms with E-state index < -0.39 is 0 Å². The number of ketones is 1. The predicted molar refractivity (Wildman–Crippen MR) is 60.1 cm³/mol. The van der Waals surface area contributed by atoms with Gasteiger partial charge in [-0.15, -0.1) is 0 Å². The molecule has 0 spiro atoms. The number of benzene rings is 1. The van der Waals surface area contributed by atoms with Gasteiger partial charge in [-0.2, -0.15) is 0 Å². The third-order valence-corrected chi connectivity index (χ3v) is 2.35. The number of methoxy groups -OCH3 is 1. The number of Topliss-reactive ketones (excluding diaryl/α,β-unsaturated/α-hetero) is 1. The molecule has 1 atom stereocenters. The van der Waals surface area contributed by atoms with E-state index in [9.17, 15) is 4.79 Å². The molecule has 0 aromatic heterocycles. The molecule has 1 rings (SSSR count). The van der Waals surface area contributed by atoms with Crippen molar-refractivity contribution in [3.8, 4) is 5.75 Å². The lowest BCUT2D eigenvalue weighted by atomic mass is 10.0. The fourth-order valence-corrected chi connectivity index (χ4v) is 1.61. The Hall–Kier alpha value is -1.35. The van der Waals surface area contributed by atoms with E-state index in [4.69, 9.17) is 4.74 Å². The highest BCUT2D eigenvalue weighted by Gasteiger charge is 2.15. The van der Waals surface area contributed by atoms with Crippen LogP contribution in [0, 0.1) is 0 Å². The lowest BCUT2D eigenvalue weighted by Gasteiger charge is -2.17. The van der Waals surface area contributed by atoms with E-state index in [0.29, 0.717) is 6.42 Å². The van der Waals surface area contributed by atoms with Crippen LogP contribution < -0.4 is 10.1 Å². The van der Waals surface area contributed by atoms with Crippen LogP contribution in [0.1, 0.15) is 24.9 Å². The normalized spacial score (nSPS) is 12.2. The Morgan fingerprint density at radius 1 is 1.47 bits per heavy atom. The predicted octanol–water partition coefficient (Wildman–Crippen LogP) is 1.93. The number of carbonyl (C=O) groups is 1. The number of nitrogens with one attached hydrogen (secondary N) is 1. The van der Waals surface area contributed by atoms with Gasteiger partial charge in [0.25, 0.3) is 0 Å². The zero-order valence-electron chi connectivity index (χ0n) is 9.41. The standard InChI is InChI=1S/C12H17NO2/c1-9(14)8-11(13-2)10-6-4-5-7-12(10)15-3/h4-7,11,13H,8H2,1-3H3. The first-order valence-electron chi connectivity index (χ1n) is 4.98. The van der Waals surface area contributed by atoms with Gasteiger partial charge in [0.15, 0.2) is 0 Å². The van der Waals surface area contributed by atoms with Crippen LogP contribution in [-0.2, 0) is 4.79 Å². The van der Waals surface area contributed by atoms with Crippen molar-refractivity contribution in [1.29, 1.82) is 0 Å². The molecule has 0 aliphatic rings. The van der Waals surface area contributed by atoms with Gasteiger partial charge in [-0.25, -0.2) is 0 Å². The zero-order valence-corrected chi connectivity index (χ0v) is 9.41. The number of ether oxygens (including phenoxy) is 1. The van der Waals surface area contributed by atoms with Crippen LogP contribution >= 0.6 is 0 Å². The van der Waals surface area contributed by atoms with Crippen molar-refractivity contribution < 1.29 is 9.53 Å². The minimum atomic E-state index is 0.0265. The summed E-state index contributed by atoms with van der Waals surface area (Å²) in [5.41, 5.74) is 1.03. The smallest absolute Gasteiger partial charge is 0.131 e. The third-order valence-electron chi connectivity index (χ3n) is 2.35. The molecular weight excluding hydrogens is 190 g/mol. The van der Waals surface area contributed by atoms with E-state index in [2.05, 4.69) is 5.32 Å². The fraction of sp³-hybridized carbons (Fsp3) is 0.417. The highest BCUT2D eigenvalue weighted by Crippen LogP contribution is 2.26. The molecule has 1 unspecified atom stereocenters. The molecule has 0 aliphatic carbocycles. The summed E-state index contributed by atoms with van der Waals surface area (Å²) in [6.07, 6.45) is 0.483. The second kappa shape index (κ2) is 5.51. The summed E-state index contributed by atoms with van der Waals surface area (Å²) in [6, 6.07) is 7.77. The molecule has 1 aromatic carbocycles. The molecule has 0 saturated heterocycles. The number of para-hydroxylation sites is 1. The number of hydrogen-bond donors (Lipinski definition) is 1. The van der Waals surface area contributed by atoms with Gasteiger partial charge in [0.2, 0.25) is 0 Å². The monoisotopic (exact) mass is 207 g/mol. The lowest BCUT2D eigenvalue weighted by molar-refractivity contribution is -0.117. The van der Waals surface area contributed by atoms with Gasteiger partial charge in [0.1, 0.15) is 11.5 Å². The first-order chi connectivity index (χ1) is 7.19. The molecule has 0 amide bonds. The maximum Gasteiger partial charge on any atom is 0.131 e. The van der Waals surface area contributed by atoms with Gasteiger partial charge in [0.05, 0.1) is 7.11 Å². The Morgan fingerprint density at radius 2 is 2.13 bits per heavy atom. The summed E-state index contributed by atoms with van der Waals surface area (Å²) >= 11 is 0. The number of rotatable bonds is 5. The third kappa shape index (κ3) is 3.06. The molecule has 0 fully saturated rings. The first-order valence-corrected chi connectivity index (χ1v) is 4.98. The summed E-state index contributed by atoms with van der Waals surface area (Å²) in [5.74, 6) is 0.985. The quantitative estimate of drug-likeness (QED) is 0.801. The second-order valence-corrected chi connectivity index (χ2v) is 3.49. The average Bonchev–Trinajstić information content (AvgIpc) is 2.25. The van der Waals surface area contributed by atoms with Crippen LogP contribution in [0.3, 0.4) is 0 Å². The molecule has 0 saturated carbocycles. The first kappa shape index (κ1) is 11.7. The van der Waals surface area contributed by atoms with Crippen LogP contribution in [0.2, 0.25) is 0 Å². The Bertz CT molecular complexity index is 336. The van der Waals surface area contributed by atoms with Crippen LogP contribution in [0.25, 0.3) is 0 Å². The molecule has 0 bridgehead atoms. The summed E-state index contributed by atoms with van der Waals surface area (Å²) in [5, 5.41) is 3.12. The van der Waals surface area contributed by atoms with Crippen LogP contribution in [0.15, 0.2) is 24.3 Å². The summed E-state index contributed by atoms with van der Waals surface area (Å²) in [7, 11) is 3.49. The highest BCUT2D eigenvalue weighted by atomic mass is 16.5. The van der Waals surface area contributed by atoms with Gasteiger partial charge >= 0.3 is 0 Å². The van der Waals surface area contributed by atoms with E-state index in [1.165, 1.54) is 0 Å². The van der Waals surface area contributed by atoms with Crippen molar-refractivity contribution in [3.63, 3.8) is 0 Å². The molecule has 0 heterocycles. The van der Waals surface area contributed by atoms with E-state index >= 15 is 0 Å². The molecule has 15 heavy (non-hydrogen) atoms. The zero-order chi connectivity index (χ0) is 11.3. The molecule has 3 heteroatoms. The number of hydrogen-bond acceptors (Lipinski definition) is 3. The van der Waals surface area contributed by atoms with E-state index in [0.717, 1.165) is 11.3 Å². The Labute approximate surface area is 90.4 Å². The van der Waals surface area contributed by atoms with Gasteiger partial charge < -0.3 is 10.1 Å². The highest BCUT2D eigenvalue weighted by molar-refractivity contribution is 5.76. The largest absolute Gasteiger partial charge is 0.496 e. The molecule has 0 aliphatic heterocycles. The van der Waals surface area contributed by atoms with Gasteiger partial charge in [-0.3, -0.25) is 4.79 Å². The maximum atomic E-state index is 11.1. The van der Waals surface area contributed by atoms with Crippen LogP contribution in [0.5, 0.6) is 5.75 Å². The molecule has 1 aromatic rings. The summed E-state index contributed by atoms with van der Waals surface area (Å²) in [4.78, 5) is 11.1. The summed E-state index contributed by atoms with van der Waals surface area (Å²) < 4.78 is 5.26. The van der Waals surface area contributed by atoms with Gasteiger partial charge in [-0.05, 0) is 20.0 Å². The van der Waals surface area contributed by atoms with Gasteiger partial charge in [0, 0.05) is 18.0 Å². The average molecular weight is 207 g/mol. The van der Waals surface area contributed by atoms with Crippen molar-refractivity contribution in [2.24, 2.45) is 0 Å². The summed E-state index contributed by atoms with van der Waals surface area (Å²) in [6.45, 7) is 1.60. The van der Waals surface area contributed by atoms with E-state index in [-0.39, 0.29) is 11.8 Å². The molecule has 0 radical (unpaired) electrons. The number of carbonyl (C=O) groups excluding carboxylic acids is 1. The van der Waals surface area contributed by atoms with Crippen LogP contribution in [0.4, 0.5) is 0 Å².